The molecular weight excluding hydrogens is 430 g/mol. The van der Waals surface area contributed by atoms with Gasteiger partial charge < -0.3 is 4.57 Å². The number of hydrogen-bond donors (Lipinski definition) is 1. The molecule has 154 valence electrons. The summed E-state index contributed by atoms with van der Waals surface area (Å²) in [5.74, 6) is 0.187. The molecule has 1 N–H and O–H groups in total. The van der Waals surface area contributed by atoms with Crippen LogP contribution in [0.15, 0.2) is 47.6 Å². The fourth-order valence-corrected chi connectivity index (χ4v) is 4.43. The Morgan fingerprint density at radius 2 is 1.93 bits per heavy atom. The molecule has 0 spiro atoms. The van der Waals surface area contributed by atoms with Crippen molar-refractivity contribution < 1.29 is 13.2 Å². The molecule has 1 aromatic carbocycles. The third-order valence-electron chi connectivity index (χ3n) is 4.23. The van der Waals surface area contributed by atoms with Gasteiger partial charge in [0.05, 0.1) is 11.1 Å². The molecule has 0 aliphatic heterocycles. The first-order valence-electron chi connectivity index (χ1n) is 9.02. The van der Waals surface area contributed by atoms with Crippen LogP contribution >= 0.6 is 22.9 Å². The van der Waals surface area contributed by atoms with Crippen molar-refractivity contribution in [2.75, 3.05) is 11.6 Å². The van der Waals surface area contributed by atoms with Crippen LogP contribution in [0.2, 0.25) is 4.34 Å². The molecule has 9 heteroatoms. The Labute approximate surface area is 179 Å². The van der Waals surface area contributed by atoms with Crippen molar-refractivity contribution >= 4 is 43.8 Å². The number of sulfone groups is 1. The van der Waals surface area contributed by atoms with Gasteiger partial charge in [-0.1, -0.05) is 48.9 Å². The Hall–Kier alpha value is -2.16. The normalized spacial score (nSPS) is 11.8. The average Bonchev–Trinajstić information content (AvgIpc) is 3.20. The molecule has 3 rings (SSSR count). The van der Waals surface area contributed by atoms with Crippen molar-refractivity contribution in [1.82, 2.24) is 9.55 Å². The molecule has 6 nitrogen and oxygen atoms in total. The van der Waals surface area contributed by atoms with E-state index in [1.54, 1.807) is 24.3 Å². The SMILES string of the molecule is CC(C)Cc1cc(C(=O)Nc2ncc(Cl)s2)n(Cc2ccc(S(C)(=O)=O)cc2)c1. The van der Waals surface area contributed by atoms with Gasteiger partial charge in [0.25, 0.3) is 5.91 Å². The molecule has 2 heterocycles. The first kappa shape index (κ1) is 21.5. The standard InChI is InChI=1S/C20H22ClN3O3S2/c1-13(2)8-15-9-17(19(25)23-20-22-10-18(21)28-20)24(12-15)11-14-4-6-16(7-5-14)29(3,26)27/h4-7,9-10,12-13H,8,11H2,1-3H3,(H,22,23,25). The fourth-order valence-electron chi connectivity index (χ4n) is 2.99. The molecule has 0 aliphatic rings. The lowest BCUT2D eigenvalue weighted by Crippen LogP contribution is -2.17. The van der Waals surface area contributed by atoms with Crippen LogP contribution in [0.1, 0.15) is 35.5 Å². The Balaban J connectivity index is 1.87. The van der Waals surface area contributed by atoms with E-state index in [0.717, 1.165) is 17.5 Å². The summed E-state index contributed by atoms with van der Waals surface area (Å²) in [4.78, 5) is 17.2. The summed E-state index contributed by atoms with van der Waals surface area (Å²) in [6, 6.07) is 8.58. The zero-order valence-corrected chi connectivity index (χ0v) is 18.7. The van der Waals surface area contributed by atoms with Crippen molar-refractivity contribution in [3.8, 4) is 0 Å². The molecule has 1 amide bonds. The number of aromatic nitrogens is 2. The highest BCUT2D eigenvalue weighted by Crippen LogP contribution is 2.24. The van der Waals surface area contributed by atoms with E-state index in [0.29, 0.717) is 27.6 Å². The number of hydrogen-bond acceptors (Lipinski definition) is 5. The Morgan fingerprint density at radius 1 is 1.24 bits per heavy atom. The van der Waals surface area contributed by atoms with Gasteiger partial charge in [0.15, 0.2) is 15.0 Å². The van der Waals surface area contributed by atoms with Crippen molar-refractivity contribution in [2.45, 2.75) is 31.7 Å². The maximum absolute atomic E-state index is 12.8. The van der Waals surface area contributed by atoms with Crippen LogP contribution in [0, 0.1) is 5.92 Å². The summed E-state index contributed by atoms with van der Waals surface area (Å²) in [5.41, 5.74) is 2.48. The molecule has 0 saturated carbocycles. The molecule has 2 aromatic heterocycles. The number of nitrogens with zero attached hydrogens (tertiary/aromatic N) is 2. The topological polar surface area (TPSA) is 81.1 Å². The van der Waals surface area contributed by atoms with Gasteiger partial charge in [-0.25, -0.2) is 13.4 Å². The number of benzene rings is 1. The molecule has 0 fully saturated rings. The second kappa shape index (κ2) is 8.69. The number of thiazole rings is 1. The molecule has 0 bridgehead atoms. The van der Waals surface area contributed by atoms with Crippen LogP contribution < -0.4 is 5.32 Å². The largest absolute Gasteiger partial charge is 0.339 e. The van der Waals surface area contributed by atoms with Gasteiger partial charge in [0.1, 0.15) is 10.0 Å². The van der Waals surface area contributed by atoms with Crippen molar-refractivity contribution in [2.24, 2.45) is 5.92 Å². The monoisotopic (exact) mass is 451 g/mol. The van der Waals surface area contributed by atoms with Crippen molar-refractivity contribution in [3.05, 3.63) is 63.9 Å². The smallest absolute Gasteiger partial charge is 0.274 e. The molecule has 0 unspecified atom stereocenters. The summed E-state index contributed by atoms with van der Waals surface area (Å²) >= 11 is 7.09. The molecule has 29 heavy (non-hydrogen) atoms. The average molecular weight is 452 g/mol. The Kier molecular flexibility index (Phi) is 6.45. The summed E-state index contributed by atoms with van der Waals surface area (Å²) < 4.78 is 25.7. The van der Waals surface area contributed by atoms with Crippen LogP contribution in [0.3, 0.4) is 0 Å². The minimum Gasteiger partial charge on any atom is -0.339 e. The van der Waals surface area contributed by atoms with Gasteiger partial charge in [-0.2, -0.15) is 0 Å². The van der Waals surface area contributed by atoms with E-state index >= 15 is 0 Å². The van der Waals surface area contributed by atoms with Crippen LogP contribution in [0.4, 0.5) is 5.13 Å². The quantitative estimate of drug-likeness (QED) is 0.573. The van der Waals surface area contributed by atoms with E-state index in [4.69, 9.17) is 11.6 Å². The molecule has 3 aromatic rings. The van der Waals surface area contributed by atoms with Crippen molar-refractivity contribution in [3.63, 3.8) is 0 Å². The van der Waals surface area contributed by atoms with E-state index in [9.17, 15) is 13.2 Å². The molecule has 0 aliphatic carbocycles. The van der Waals surface area contributed by atoms with E-state index in [1.807, 2.05) is 16.8 Å². The number of carbonyl (C=O) groups is 1. The number of amides is 1. The van der Waals surface area contributed by atoms with Gasteiger partial charge in [-0.3, -0.25) is 10.1 Å². The Morgan fingerprint density at radius 3 is 2.48 bits per heavy atom. The Bertz CT molecular complexity index is 1120. The first-order chi connectivity index (χ1) is 13.6. The highest BCUT2D eigenvalue weighted by atomic mass is 35.5. The van der Waals surface area contributed by atoms with E-state index in [2.05, 4.69) is 24.1 Å². The van der Waals surface area contributed by atoms with Crippen LogP contribution in [0.5, 0.6) is 0 Å². The predicted molar refractivity (Wildman–Crippen MR) is 117 cm³/mol. The highest BCUT2D eigenvalue weighted by molar-refractivity contribution is 7.90. The second-order valence-corrected chi connectivity index (χ2v) is 11.0. The van der Waals surface area contributed by atoms with Crippen molar-refractivity contribution in [1.29, 1.82) is 0 Å². The first-order valence-corrected chi connectivity index (χ1v) is 12.1. The number of nitrogens with one attached hydrogen (secondary N) is 1. The maximum atomic E-state index is 12.8. The number of rotatable bonds is 7. The lowest BCUT2D eigenvalue weighted by molar-refractivity contribution is 0.101. The molecule has 0 radical (unpaired) electrons. The summed E-state index contributed by atoms with van der Waals surface area (Å²) in [7, 11) is -3.24. The minimum absolute atomic E-state index is 0.265. The molecule has 0 saturated heterocycles. The van der Waals surface area contributed by atoms with Gasteiger partial charge in [0.2, 0.25) is 0 Å². The van der Waals surface area contributed by atoms with E-state index in [-0.39, 0.29) is 10.8 Å². The van der Waals surface area contributed by atoms with Gasteiger partial charge in [-0.15, -0.1) is 0 Å². The summed E-state index contributed by atoms with van der Waals surface area (Å²) in [6.07, 6.45) is 5.49. The van der Waals surface area contributed by atoms with Crippen LogP contribution in [0.25, 0.3) is 0 Å². The van der Waals surface area contributed by atoms with Gasteiger partial charge >= 0.3 is 0 Å². The molecule has 0 atom stereocenters. The second-order valence-electron chi connectivity index (χ2n) is 7.30. The number of halogens is 1. The fraction of sp³-hybridized carbons (Fsp3) is 0.300. The number of carbonyl (C=O) groups excluding carboxylic acids is 1. The lowest BCUT2D eigenvalue weighted by Gasteiger charge is -2.09. The zero-order valence-electron chi connectivity index (χ0n) is 16.3. The predicted octanol–water partition coefficient (Wildman–Crippen LogP) is 4.50. The zero-order chi connectivity index (χ0) is 21.2. The van der Waals surface area contributed by atoms with E-state index in [1.165, 1.54) is 23.8 Å². The third-order valence-corrected chi connectivity index (χ3v) is 6.39. The number of anilines is 1. The van der Waals surface area contributed by atoms with Gasteiger partial charge in [-0.05, 0) is 41.7 Å². The lowest BCUT2D eigenvalue weighted by atomic mass is 10.1. The molecular formula is C20H22ClN3O3S2. The van der Waals surface area contributed by atoms with Crippen LogP contribution in [-0.4, -0.2) is 30.1 Å². The van der Waals surface area contributed by atoms with E-state index < -0.39 is 9.84 Å². The van der Waals surface area contributed by atoms with Crippen LogP contribution in [-0.2, 0) is 22.8 Å². The third kappa shape index (κ3) is 5.68. The summed E-state index contributed by atoms with van der Waals surface area (Å²) in [5, 5.41) is 3.23. The highest BCUT2D eigenvalue weighted by Gasteiger charge is 2.17. The minimum atomic E-state index is -3.24. The maximum Gasteiger partial charge on any atom is 0.274 e. The summed E-state index contributed by atoms with van der Waals surface area (Å²) in [6.45, 7) is 4.70. The van der Waals surface area contributed by atoms with Gasteiger partial charge in [0, 0.05) is 19.0 Å².